The first-order chi connectivity index (χ1) is 9.67. The maximum Gasteiger partial charge on any atom is 0.220 e. The molecule has 110 valence electrons. The molecule has 1 aromatic carbocycles. The number of amides is 1. The van der Waals surface area contributed by atoms with Gasteiger partial charge in [0.05, 0.1) is 0 Å². The van der Waals surface area contributed by atoms with Crippen LogP contribution in [0.3, 0.4) is 0 Å². The number of rotatable bonds is 6. The molecule has 0 aliphatic carbocycles. The van der Waals surface area contributed by atoms with Gasteiger partial charge in [0.15, 0.2) is 0 Å². The maximum absolute atomic E-state index is 11.9. The van der Waals surface area contributed by atoms with Crippen LogP contribution in [0.5, 0.6) is 0 Å². The predicted molar refractivity (Wildman–Crippen MR) is 82.8 cm³/mol. The SMILES string of the molecule is CCc1ccc(CCC(=O)NCC2CCN(C)C2)cc1. The molecule has 1 unspecified atom stereocenters. The lowest BCUT2D eigenvalue weighted by Gasteiger charge is -2.11. The van der Waals surface area contributed by atoms with E-state index in [9.17, 15) is 4.79 Å². The van der Waals surface area contributed by atoms with Crippen LogP contribution in [0.25, 0.3) is 0 Å². The van der Waals surface area contributed by atoms with E-state index in [1.807, 2.05) is 0 Å². The molecular formula is C17H26N2O. The van der Waals surface area contributed by atoms with Crippen LogP contribution in [0.4, 0.5) is 0 Å². The monoisotopic (exact) mass is 274 g/mol. The molecule has 1 aromatic rings. The topological polar surface area (TPSA) is 32.3 Å². The maximum atomic E-state index is 11.9. The molecule has 0 aromatic heterocycles. The van der Waals surface area contributed by atoms with E-state index in [4.69, 9.17) is 0 Å². The van der Waals surface area contributed by atoms with Gasteiger partial charge in [-0.3, -0.25) is 4.79 Å². The van der Waals surface area contributed by atoms with Gasteiger partial charge in [-0.15, -0.1) is 0 Å². The Kier molecular flexibility index (Phi) is 5.60. The molecular weight excluding hydrogens is 248 g/mol. The van der Waals surface area contributed by atoms with Crippen LogP contribution >= 0.6 is 0 Å². The average Bonchev–Trinajstić information content (AvgIpc) is 2.89. The lowest BCUT2D eigenvalue weighted by atomic mass is 10.1. The zero-order valence-electron chi connectivity index (χ0n) is 12.7. The Morgan fingerprint density at radius 3 is 2.60 bits per heavy atom. The Bertz CT molecular complexity index is 427. The lowest BCUT2D eigenvalue weighted by molar-refractivity contribution is -0.121. The minimum atomic E-state index is 0.180. The van der Waals surface area contributed by atoms with E-state index in [-0.39, 0.29) is 5.91 Å². The molecule has 3 heteroatoms. The standard InChI is InChI=1S/C17H26N2O/c1-3-14-4-6-15(7-5-14)8-9-17(20)18-12-16-10-11-19(2)13-16/h4-7,16H,3,8-13H2,1-2H3,(H,18,20). The van der Waals surface area contributed by atoms with E-state index in [2.05, 4.69) is 48.5 Å². The molecule has 1 aliphatic rings. The second-order valence-electron chi connectivity index (χ2n) is 5.89. The fourth-order valence-corrected chi connectivity index (χ4v) is 2.74. The van der Waals surface area contributed by atoms with E-state index in [0.717, 1.165) is 32.5 Å². The quantitative estimate of drug-likeness (QED) is 0.863. The Morgan fingerprint density at radius 1 is 1.30 bits per heavy atom. The number of benzene rings is 1. The Morgan fingerprint density at radius 2 is 2.00 bits per heavy atom. The smallest absolute Gasteiger partial charge is 0.220 e. The van der Waals surface area contributed by atoms with Crippen LogP contribution in [-0.2, 0) is 17.6 Å². The van der Waals surface area contributed by atoms with Gasteiger partial charge in [-0.2, -0.15) is 0 Å². The van der Waals surface area contributed by atoms with Gasteiger partial charge in [-0.25, -0.2) is 0 Å². The molecule has 1 fully saturated rings. The Labute approximate surface area is 122 Å². The van der Waals surface area contributed by atoms with Gasteiger partial charge in [0.1, 0.15) is 0 Å². The number of likely N-dealkylation sites (tertiary alicyclic amines) is 1. The zero-order valence-corrected chi connectivity index (χ0v) is 12.7. The van der Waals surface area contributed by atoms with Crippen molar-refractivity contribution in [1.82, 2.24) is 10.2 Å². The summed E-state index contributed by atoms with van der Waals surface area (Å²) < 4.78 is 0. The summed E-state index contributed by atoms with van der Waals surface area (Å²) >= 11 is 0. The minimum absolute atomic E-state index is 0.180. The molecule has 0 bridgehead atoms. The van der Waals surface area contributed by atoms with Gasteiger partial charge in [-0.1, -0.05) is 31.2 Å². The summed E-state index contributed by atoms with van der Waals surface area (Å²) in [5, 5.41) is 3.07. The summed E-state index contributed by atoms with van der Waals surface area (Å²) in [6, 6.07) is 8.58. The van der Waals surface area contributed by atoms with Crippen LogP contribution < -0.4 is 5.32 Å². The summed E-state index contributed by atoms with van der Waals surface area (Å²) in [5.41, 5.74) is 2.60. The fraction of sp³-hybridized carbons (Fsp3) is 0.588. The van der Waals surface area contributed by atoms with Crippen molar-refractivity contribution in [2.24, 2.45) is 5.92 Å². The Hall–Kier alpha value is -1.35. The second kappa shape index (κ2) is 7.44. The van der Waals surface area contributed by atoms with Crippen molar-refractivity contribution in [3.05, 3.63) is 35.4 Å². The second-order valence-corrected chi connectivity index (χ2v) is 5.89. The van der Waals surface area contributed by atoms with Crippen molar-refractivity contribution in [2.75, 3.05) is 26.7 Å². The lowest BCUT2D eigenvalue weighted by Crippen LogP contribution is -2.30. The zero-order chi connectivity index (χ0) is 14.4. The first-order valence-corrected chi connectivity index (χ1v) is 7.70. The van der Waals surface area contributed by atoms with E-state index in [1.165, 1.54) is 17.5 Å². The van der Waals surface area contributed by atoms with Crippen molar-refractivity contribution >= 4 is 5.91 Å². The van der Waals surface area contributed by atoms with Crippen LogP contribution in [0.1, 0.15) is 30.9 Å². The molecule has 20 heavy (non-hydrogen) atoms. The number of carbonyl (C=O) groups excluding carboxylic acids is 1. The van der Waals surface area contributed by atoms with Gasteiger partial charge in [0, 0.05) is 19.5 Å². The first-order valence-electron chi connectivity index (χ1n) is 7.70. The number of hydrogen-bond acceptors (Lipinski definition) is 2. The summed E-state index contributed by atoms with van der Waals surface area (Å²) in [4.78, 5) is 14.2. The van der Waals surface area contributed by atoms with Crippen molar-refractivity contribution < 1.29 is 4.79 Å². The molecule has 3 nitrogen and oxygen atoms in total. The minimum Gasteiger partial charge on any atom is -0.356 e. The van der Waals surface area contributed by atoms with Crippen LogP contribution in [0.2, 0.25) is 0 Å². The molecule has 0 saturated carbocycles. The van der Waals surface area contributed by atoms with Crippen LogP contribution in [-0.4, -0.2) is 37.5 Å². The molecule has 1 atom stereocenters. The highest BCUT2D eigenvalue weighted by atomic mass is 16.1. The van der Waals surface area contributed by atoms with E-state index < -0.39 is 0 Å². The van der Waals surface area contributed by atoms with Crippen molar-refractivity contribution in [3.63, 3.8) is 0 Å². The molecule has 1 N–H and O–H groups in total. The largest absolute Gasteiger partial charge is 0.356 e. The van der Waals surface area contributed by atoms with E-state index in [0.29, 0.717) is 12.3 Å². The fourth-order valence-electron chi connectivity index (χ4n) is 2.74. The van der Waals surface area contributed by atoms with Crippen molar-refractivity contribution in [1.29, 1.82) is 0 Å². The highest BCUT2D eigenvalue weighted by Gasteiger charge is 2.19. The molecule has 1 saturated heterocycles. The summed E-state index contributed by atoms with van der Waals surface area (Å²) in [7, 11) is 2.14. The van der Waals surface area contributed by atoms with Crippen LogP contribution in [0, 0.1) is 5.92 Å². The summed E-state index contributed by atoms with van der Waals surface area (Å²) in [5.74, 6) is 0.812. The Balaban J connectivity index is 1.66. The highest BCUT2D eigenvalue weighted by molar-refractivity contribution is 5.76. The van der Waals surface area contributed by atoms with Gasteiger partial charge < -0.3 is 10.2 Å². The van der Waals surface area contributed by atoms with E-state index in [1.54, 1.807) is 0 Å². The van der Waals surface area contributed by atoms with Gasteiger partial charge in [0.2, 0.25) is 5.91 Å². The van der Waals surface area contributed by atoms with Gasteiger partial charge in [-0.05, 0) is 49.9 Å². The molecule has 1 amide bonds. The van der Waals surface area contributed by atoms with Gasteiger partial charge >= 0.3 is 0 Å². The highest BCUT2D eigenvalue weighted by Crippen LogP contribution is 2.13. The number of aryl methyl sites for hydroxylation is 2. The molecule has 1 heterocycles. The number of nitrogens with zero attached hydrogens (tertiary/aromatic N) is 1. The first kappa shape index (κ1) is 15.0. The summed E-state index contributed by atoms with van der Waals surface area (Å²) in [6.07, 6.45) is 3.69. The number of hydrogen-bond donors (Lipinski definition) is 1. The van der Waals surface area contributed by atoms with Gasteiger partial charge in [0.25, 0.3) is 0 Å². The molecule has 0 spiro atoms. The average molecular weight is 274 g/mol. The van der Waals surface area contributed by atoms with Crippen molar-refractivity contribution in [3.8, 4) is 0 Å². The van der Waals surface area contributed by atoms with Crippen LogP contribution in [0.15, 0.2) is 24.3 Å². The third-order valence-corrected chi connectivity index (χ3v) is 4.15. The normalized spacial score (nSPS) is 19.2. The van der Waals surface area contributed by atoms with E-state index >= 15 is 0 Å². The number of carbonyl (C=O) groups is 1. The molecule has 2 rings (SSSR count). The third-order valence-electron chi connectivity index (χ3n) is 4.15. The van der Waals surface area contributed by atoms with Crippen molar-refractivity contribution in [2.45, 2.75) is 32.6 Å². The third kappa shape index (κ3) is 4.64. The summed E-state index contributed by atoms with van der Waals surface area (Å²) in [6.45, 7) is 5.25. The predicted octanol–water partition coefficient (Wildman–Crippen LogP) is 2.25. The number of nitrogens with one attached hydrogen (secondary N) is 1. The molecule has 0 radical (unpaired) electrons. The molecule has 1 aliphatic heterocycles.